The zero-order chi connectivity index (χ0) is 15.4. The van der Waals surface area contributed by atoms with Crippen molar-refractivity contribution in [3.8, 4) is 0 Å². The molecule has 0 saturated carbocycles. The van der Waals surface area contributed by atoms with Crippen LogP contribution in [-0.2, 0) is 13.1 Å². The molecule has 118 valence electrons. The third-order valence-electron chi connectivity index (χ3n) is 3.99. The van der Waals surface area contributed by atoms with Gasteiger partial charge in [-0.15, -0.1) is 0 Å². The van der Waals surface area contributed by atoms with E-state index in [1.54, 1.807) is 0 Å². The van der Waals surface area contributed by atoms with E-state index in [2.05, 4.69) is 63.6 Å². The summed E-state index contributed by atoms with van der Waals surface area (Å²) in [5.41, 5.74) is 1.28. The molecular formula is C16H23N5O. The van der Waals surface area contributed by atoms with Crippen LogP contribution in [0.25, 0.3) is 0 Å². The number of rotatable bonds is 5. The van der Waals surface area contributed by atoms with Crippen molar-refractivity contribution in [2.45, 2.75) is 19.1 Å². The molecule has 0 spiro atoms. The summed E-state index contributed by atoms with van der Waals surface area (Å²) in [5, 5.41) is 7.53. The highest BCUT2D eigenvalue weighted by molar-refractivity contribution is 5.14. The molecule has 3 rings (SSSR count). The number of nitrogens with zero attached hydrogens (tertiary/aromatic N) is 4. The Labute approximate surface area is 131 Å². The van der Waals surface area contributed by atoms with Crippen molar-refractivity contribution in [1.29, 1.82) is 0 Å². The lowest BCUT2D eigenvalue weighted by molar-refractivity contribution is 0.190. The van der Waals surface area contributed by atoms with E-state index >= 15 is 0 Å². The molecule has 1 aromatic heterocycles. The Morgan fingerprint density at radius 1 is 1.32 bits per heavy atom. The van der Waals surface area contributed by atoms with Gasteiger partial charge in [0, 0.05) is 26.2 Å². The van der Waals surface area contributed by atoms with Crippen LogP contribution in [0.3, 0.4) is 0 Å². The Hall–Kier alpha value is -1.76. The van der Waals surface area contributed by atoms with Crippen molar-refractivity contribution >= 4 is 0 Å². The van der Waals surface area contributed by atoms with E-state index < -0.39 is 0 Å². The van der Waals surface area contributed by atoms with Crippen LogP contribution in [0.2, 0.25) is 0 Å². The van der Waals surface area contributed by atoms with Gasteiger partial charge in [0.1, 0.15) is 0 Å². The van der Waals surface area contributed by atoms with Gasteiger partial charge >= 0.3 is 0 Å². The Balaban J connectivity index is 1.59. The topological polar surface area (TPSA) is 57.4 Å². The summed E-state index contributed by atoms with van der Waals surface area (Å²) < 4.78 is 5.42. The lowest BCUT2D eigenvalue weighted by Crippen LogP contribution is -2.44. The molecule has 0 aliphatic carbocycles. The maximum Gasteiger partial charge on any atom is 0.240 e. The summed E-state index contributed by atoms with van der Waals surface area (Å²) in [6, 6.07) is 10.6. The Kier molecular flexibility index (Phi) is 4.82. The first kappa shape index (κ1) is 15.1. The molecule has 2 aromatic rings. The number of aromatic nitrogens is 2. The van der Waals surface area contributed by atoms with Crippen LogP contribution in [0.15, 0.2) is 34.9 Å². The van der Waals surface area contributed by atoms with E-state index in [-0.39, 0.29) is 6.04 Å². The average molecular weight is 301 g/mol. The number of benzene rings is 1. The zero-order valence-corrected chi connectivity index (χ0v) is 13.2. The molecular weight excluding hydrogens is 278 g/mol. The second-order valence-corrected chi connectivity index (χ2v) is 5.90. The van der Waals surface area contributed by atoms with Gasteiger partial charge in [0.2, 0.25) is 5.89 Å². The highest BCUT2D eigenvalue weighted by Crippen LogP contribution is 2.18. The molecule has 1 atom stereocenters. The fourth-order valence-corrected chi connectivity index (χ4v) is 2.74. The molecule has 1 fully saturated rings. The van der Waals surface area contributed by atoms with E-state index in [9.17, 15) is 0 Å². The third-order valence-corrected chi connectivity index (χ3v) is 3.99. The van der Waals surface area contributed by atoms with Crippen LogP contribution >= 0.6 is 0 Å². The van der Waals surface area contributed by atoms with Crippen LogP contribution in [-0.4, -0.2) is 53.7 Å². The molecule has 6 heteroatoms. The van der Waals surface area contributed by atoms with E-state index in [1.165, 1.54) is 5.56 Å². The van der Waals surface area contributed by atoms with E-state index in [0.29, 0.717) is 12.4 Å². The number of hydrogen-bond acceptors (Lipinski definition) is 6. The van der Waals surface area contributed by atoms with Crippen molar-refractivity contribution < 1.29 is 4.52 Å². The van der Waals surface area contributed by atoms with Crippen molar-refractivity contribution in [2.24, 2.45) is 0 Å². The summed E-state index contributed by atoms with van der Waals surface area (Å²) >= 11 is 0. The fraction of sp³-hybridized carbons (Fsp3) is 0.500. The first-order valence-electron chi connectivity index (χ1n) is 7.68. The summed E-state index contributed by atoms with van der Waals surface area (Å²) in [6.45, 7) is 4.41. The summed E-state index contributed by atoms with van der Waals surface area (Å²) in [6.07, 6.45) is 0. The van der Waals surface area contributed by atoms with Gasteiger partial charge in [0.05, 0.1) is 12.6 Å². The second kappa shape index (κ2) is 7.00. The van der Waals surface area contributed by atoms with Crippen molar-refractivity contribution in [3.05, 3.63) is 47.6 Å². The lowest BCUT2D eigenvalue weighted by Gasteiger charge is -2.30. The van der Waals surface area contributed by atoms with Gasteiger partial charge < -0.3 is 9.84 Å². The fourth-order valence-electron chi connectivity index (χ4n) is 2.74. The normalized spacial score (nSPS) is 19.7. The molecule has 0 radical (unpaired) electrons. The first-order chi connectivity index (χ1) is 10.7. The number of likely N-dealkylation sites (N-methyl/N-ethyl adjacent to an activating group) is 1. The molecule has 1 aliphatic rings. The molecule has 0 bridgehead atoms. The molecule has 1 aliphatic heterocycles. The quantitative estimate of drug-likeness (QED) is 0.898. The van der Waals surface area contributed by atoms with Gasteiger partial charge in [0.25, 0.3) is 0 Å². The standard InChI is InChI=1S/C16H23N5O/c1-20(11-13-6-4-3-5-7-13)12-15-18-16(19-22-15)14-10-17-8-9-21(14)2/h3-7,14,17H,8-12H2,1-2H3. The molecule has 1 saturated heterocycles. The maximum absolute atomic E-state index is 5.42. The molecule has 22 heavy (non-hydrogen) atoms. The second-order valence-electron chi connectivity index (χ2n) is 5.90. The molecule has 1 unspecified atom stereocenters. The van der Waals surface area contributed by atoms with E-state index in [1.807, 2.05) is 6.07 Å². The van der Waals surface area contributed by atoms with Gasteiger partial charge in [-0.25, -0.2) is 0 Å². The molecule has 6 nitrogen and oxygen atoms in total. The predicted molar refractivity (Wildman–Crippen MR) is 84.2 cm³/mol. The van der Waals surface area contributed by atoms with Crippen LogP contribution < -0.4 is 5.32 Å². The summed E-state index contributed by atoms with van der Waals surface area (Å²) in [4.78, 5) is 9.00. The van der Waals surface area contributed by atoms with Gasteiger partial charge in [-0.1, -0.05) is 35.5 Å². The van der Waals surface area contributed by atoms with E-state index in [4.69, 9.17) is 4.52 Å². The minimum Gasteiger partial charge on any atom is -0.338 e. The van der Waals surface area contributed by atoms with Crippen LogP contribution in [0.4, 0.5) is 0 Å². The number of hydrogen-bond donors (Lipinski definition) is 1. The SMILES string of the molecule is CN(Cc1ccccc1)Cc1nc(C2CNCCN2C)no1. The van der Waals surface area contributed by atoms with E-state index in [0.717, 1.165) is 32.0 Å². The van der Waals surface area contributed by atoms with Crippen LogP contribution in [0.1, 0.15) is 23.3 Å². The minimum absolute atomic E-state index is 0.200. The first-order valence-corrected chi connectivity index (χ1v) is 7.68. The summed E-state index contributed by atoms with van der Waals surface area (Å²) in [7, 11) is 4.16. The zero-order valence-electron chi connectivity index (χ0n) is 13.2. The van der Waals surface area contributed by atoms with Crippen molar-refractivity contribution in [2.75, 3.05) is 33.7 Å². The minimum atomic E-state index is 0.200. The monoisotopic (exact) mass is 301 g/mol. The van der Waals surface area contributed by atoms with Gasteiger partial charge in [-0.3, -0.25) is 9.80 Å². The number of piperazine rings is 1. The average Bonchev–Trinajstić information content (AvgIpc) is 2.97. The highest BCUT2D eigenvalue weighted by atomic mass is 16.5. The number of nitrogens with one attached hydrogen (secondary N) is 1. The molecule has 0 amide bonds. The summed E-state index contributed by atoms with van der Waals surface area (Å²) in [5.74, 6) is 1.45. The highest BCUT2D eigenvalue weighted by Gasteiger charge is 2.25. The maximum atomic E-state index is 5.42. The largest absolute Gasteiger partial charge is 0.338 e. The lowest BCUT2D eigenvalue weighted by atomic mass is 10.2. The Morgan fingerprint density at radius 2 is 2.14 bits per heavy atom. The molecule has 2 heterocycles. The van der Waals surface area contributed by atoms with Crippen molar-refractivity contribution in [3.63, 3.8) is 0 Å². The van der Waals surface area contributed by atoms with Crippen molar-refractivity contribution in [1.82, 2.24) is 25.3 Å². The Bertz CT molecular complexity index is 585. The predicted octanol–water partition coefficient (Wildman–Crippen LogP) is 1.28. The van der Waals surface area contributed by atoms with Gasteiger partial charge in [-0.05, 0) is 19.7 Å². The molecule has 1 N–H and O–H groups in total. The van der Waals surface area contributed by atoms with Crippen LogP contribution in [0.5, 0.6) is 0 Å². The molecule has 1 aromatic carbocycles. The van der Waals surface area contributed by atoms with Gasteiger partial charge in [0.15, 0.2) is 5.82 Å². The van der Waals surface area contributed by atoms with Gasteiger partial charge in [-0.2, -0.15) is 4.98 Å². The third kappa shape index (κ3) is 3.71. The smallest absolute Gasteiger partial charge is 0.240 e. The Morgan fingerprint density at radius 3 is 2.91 bits per heavy atom. The van der Waals surface area contributed by atoms with Crippen LogP contribution in [0, 0.1) is 0 Å².